The highest BCUT2D eigenvalue weighted by Gasteiger charge is 2.28. The summed E-state index contributed by atoms with van der Waals surface area (Å²) in [6, 6.07) is 11.5. The van der Waals surface area contributed by atoms with Crippen LogP contribution in [-0.4, -0.2) is 30.0 Å². The fourth-order valence-electron chi connectivity index (χ4n) is 2.78. The van der Waals surface area contributed by atoms with Crippen LogP contribution in [0.25, 0.3) is 0 Å². The lowest BCUT2D eigenvalue weighted by molar-refractivity contribution is -0.385. The molecular formula is C20H21NO5. The van der Waals surface area contributed by atoms with Gasteiger partial charge in [-0.25, -0.2) is 0 Å². The molecule has 0 radical (unpaired) electrons. The summed E-state index contributed by atoms with van der Waals surface area (Å²) >= 11 is 0. The van der Waals surface area contributed by atoms with Crippen molar-refractivity contribution in [1.29, 1.82) is 0 Å². The highest BCUT2D eigenvalue weighted by molar-refractivity contribution is 6.12. The Labute approximate surface area is 151 Å². The lowest BCUT2D eigenvalue weighted by Gasteiger charge is -2.22. The van der Waals surface area contributed by atoms with Crippen molar-refractivity contribution in [3.63, 3.8) is 0 Å². The lowest BCUT2D eigenvalue weighted by Crippen LogP contribution is -2.18. The predicted molar refractivity (Wildman–Crippen MR) is 96.9 cm³/mol. The molecule has 1 heterocycles. The molecule has 136 valence electrons. The molecule has 0 aromatic heterocycles. The van der Waals surface area contributed by atoms with E-state index in [1.54, 1.807) is 12.1 Å². The molecule has 0 spiro atoms. The van der Waals surface area contributed by atoms with Crippen molar-refractivity contribution < 1.29 is 19.2 Å². The molecular weight excluding hydrogens is 334 g/mol. The SMILES string of the molecule is CC(C)(C)c1ccccc1C(=O)c1cc(OCC2CO2)ccc1[N+](=O)[O-]. The minimum atomic E-state index is -0.541. The number of ether oxygens (including phenoxy) is 2. The lowest BCUT2D eigenvalue weighted by atomic mass is 9.81. The Morgan fingerprint density at radius 2 is 1.92 bits per heavy atom. The second-order valence-electron chi connectivity index (χ2n) is 7.33. The van der Waals surface area contributed by atoms with Gasteiger partial charge in [0.25, 0.3) is 5.69 Å². The van der Waals surface area contributed by atoms with E-state index in [0.717, 1.165) is 5.56 Å². The van der Waals surface area contributed by atoms with Crippen LogP contribution in [0, 0.1) is 10.1 Å². The number of nitrogens with zero attached hydrogens (tertiary/aromatic N) is 1. The Hall–Kier alpha value is -2.73. The van der Waals surface area contributed by atoms with Crippen LogP contribution in [0.2, 0.25) is 0 Å². The molecule has 0 saturated carbocycles. The molecule has 6 nitrogen and oxygen atoms in total. The van der Waals surface area contributed by atoms with Gasteiger partial charge in [0, 0.05) is 11.6 Å². The number of hydrogen-bond acceptors (Lipinski definition) is 5. The van der Waals surface area contributed by atoms with Gasteiger partial charge < -0.3 is 9.47 Å². The zero-order valence-corrected chi connectivity index (χ0v) is 15.0. The quantitative estimate of drug-likeness (QED) is 0.340. The van der Waals surface area contributed by atoms with Gasteiger partial charge in [-0.05, 0) is 23.1 Å². The van der Waals surface area contributed by atoms with Gasteiger partial charge in [0.2, 0.25) is 0 Å². The molecule has 3 rings (SSSR count). The third-order valence-electron chi connectivity index (χ3n) is 4.23. The van der Waals surface area contributed by atoms with Crippen molar-refractivity contribution >= 4 is 11.5 Å². The van der Waals surface area contributed by atoms with Gasteiger partial charge in [-0.15, -0.1) is 0 Å². The molecule has 1 fully saturated rings. The van der Waals surface area contributed by atoms with E-state index in [2.05, 4.69) is 0 Å². The number of ketones is 1. The van der Waals surface area contributed by atoms with Crippen LogP contribution in [0.5, 0.6) is 5.75 Å². The second-order valence-corrected chi connectivity index (χ2v) is 7.33. The molecule has 0 amide bonds. The topological polar surface area (TPSA) is 82.0 Å². The number of hydrogen-bond donors (Lipinski definition) is 0. The van der Waals surface area contributed by atoms with Crippen LogP contribution in [-0.2, 0) is 10.2 Å². The Morgan fingerprint density at radius 1 is 1.23 bits per heavy atom. The van der Waals surface area contributed by atoms with Crippen LogP contribution < -0.4 is 4.74 Å². The third-order valence-corrected chi connectivity index (χ3v) is 4.23. The minimum Gasteiger partial charge on any atom is -0.491 e. The Morgan fingerprint density at radius 3 is 2.54 bits per heavy atom. The summed E-state index contributed by atoms with van der Waals surface area (Å²) < 4.78 is 10.7. The normalized spacial score (nSPS) is 16.2. The highest BCUT2D eigenvalue weighted by Crippen LogP contribution is 2.31. The number of benzene rings is 2. The van der Waals surface area contributed by atoms with E-state index in [1.807, 2.05) is 32.9 Å². The van der Waals surface area contributed by atoms with E-state index < -0.39 is 4.92 Å². The van der Waals surface area contributed by atoms with Gasteiger partial charge >= 0.3 is 0 Å². The number of carbonyl (C=O) groups is 1. The summed E-state index contributed by atoms with van der Waals surface area (Å²) in [5, 5.41) is 11.4. The van der Waals surface area contributed by atoms with Crippen LogP contribution in [0.1, 0.15) is 42.3 Å². The molecule has 0 aliphatic carbocycles. The van der Waals surface area contributed by atoms with Crippen LogP contribution in [0.15, 0.2) is 42.5 Å². The average molecular weight is 355 g/mol. The molecule has 2 aromatic rings. The van der Waals surface area contributed by atoms with E-state index in [9.17, 15) is 14.9 Å². The maximum atomic E-state index is 13.2. The highest BCUT2D eigenvalue weighted by atomic mass is 16.6. The predicted octanol–water partition coefficient (Wildman–Crippen LogP) is 3.90. The zero-order chi connectivity index (χ0) is 18.9. The molecule has 0 bridgehead atoms. The number of rotatable bonds is 6. The van der Waals surface area contributed by atoms with Crippen LogP contribution >= 0.6 is 0 Å². The van der Waals surface area contributed by atoms with Crippen molar-refractivity contribution in [1.82, 2.24) is 0 Å². The Balaban J connectivity index is 2.02. The molecule has 6 heteroatoms. The first kappa shape index (κ1) is 18.1. The number of nitro groups is 1. The van der Waals surface area contributed by atoms with Gasteiger partial charge in [0.1, 0.15) is 24.0 Å². The smallest absolute Gasteiger partial charge is 0.280 e. The maximum absolute atomic E-state index is 13.2. The van der Waals surface area contributed by atoms with Crippen molar-refractivity contribution in [3.05, 3.63) is 69.3 Å². The number of epoxide rings is 1. The number of carbonyl (C=O) groups excluding carboxylic acids is 1. The zero-order valence-electron chi connectivity index (χ0n) is 15.0. The Kier molecular flexibility index (Phi) is 4.78. The molecule has 1 unspecified atom stereocenters. The summed E-state index contributed by atoms with van der Waals surface area (Å²) in [7, 11) is 0. The molecule has 1 atom stereocenters. The van der Waals surface area contributed by atoms with E-state index in [4.69, 9.17) is 9.47 Å². The van der Waals surface area contributed by atoms with Crippen molar-refractivity contribution in [2.24, 2.45) is 0 Å². The van der Waals surface area contributed by atoms with Crippen LogP contribution in [0.4, 0.5) is 5.69 Å². The molecule has 1 aliphatic heterocycles. The van der Waals surface area contributed by atoms with E-state index in [1.165, 1.54) is 18.2 Å². The molecule has 2 aromatic carbocycles. The second kappa shape index (κ2) is 6.88. The third kappa shape index (κ3) is 3.91. The number of nitro benzene ring substituents is 1. The summed E-state index contributed by atoms with van der Waals surface area (Å²) in [6.07, 6.45) is 0.0611. The van der Waals surface area contributed by atoms with Gasteiger partial charge in [0.15, 0.2) is 5.78 Å². The monoisotopic (exact) mass is 355 g/mol. The fourth-order valence-corrected chi connectivity index (χ4v) is 2.78. The van der Waals surface area contributed by atoms with Crippen molar-refractivity contribution in [3.8, 4) is 5.75 Å². The largest absolute Gasteiger partial charge is 0.491 e. The molecule has 0 N–H and O–H groups in total. The van der Waals surface area contributed by atoms with E-state index in [0.29, 0.717) is 24.5 Å². The molecule has 26 heavy (non-hydrogen) atoms. The van der Waals surface area contributed by atoms with Gasteiger partial charge in [-0.2, -0.15) is 0 Å². The maximum Gasteiger partial charge on any atom is 0.280 e. The first-order chi connectivity index (χ1) is 12.3. The van der Waals surface area contributed by atoms with Gasteiger partial charge in [-0.3, -0.25) is 14.9 Å². The molecule has 1 saturated heterocycles. The van der Waals surface area contributed by atoms with Gasteiger partial charge in [0.05, 0.1) is 11.5 Å². The van der Waals surface area contributed by atoms with Crippen molar-refractivity contribution in [2.45, 2.75) is 32.3 Å². The minimum absolute atomic E-state index is 0.0286. The Bertz CT molecular complexity index is 850. The fraction of sp³-hybridized carbons (Fsp3) is 0.350. The summed E-state index contributed by atoms with van der Waals surface area (Å²) in [5.41, 5.74) is 0.843. The average Bonchev–Trinajstić information content (AvgIpc) is 3.42. The summed E-state index contributed by atoms with van der Waals surface area (Å²) in [5.74, 6) is 0.0398. The van der Waals surface area contributed by atoms with Crippen molar-refractivity contribution in [2.75, 3.05) is 13.2 Å². The van der Waals surface area contributed by atoms with Crippen LogP contribution in [0.3, 0.4) is 0 Å². The standard InChI is InChI=1S/C20H21NO5/c1-20(2,3)17-7-5-4-6-15(17)19(22)16-10-13(25-11-14-12-26-14)8-9-18(16)21(23)24/h4-10,14H,11-12H2,1-3H3. The van der Waals surface area contributed by atoms with E-state index >= 15 is 0 Å². The first-order valence-electron chi connectivity index (χ1n) is 8.44. The summed E-state index contributed by atoms with van der Waals surface area (Å²) in [6.45, 7) is 7.02. The van der Waals surface area contributed by atoms with Gasteiger partial charge in [-0.1, -0.05) is 45.0 Å². The molecule has 1 aliphatic rings. The first-order valence-corrected chi connectivity index (χ1v) is 8.44. The van der Waals surface area contributed by atoms with E-state index in [-0.39, 0.29) is 28.6 Å². The summed E-state index contributed by atoms with van der Waals surface area (Å²) in [4.78, 5) is 24.0.